The number of halogens is 3. The molecule has 8 heteroatoms. The minimum absolute atomic E-state index is 0.149. The molecule has 0 amide bonds. The van der Waals surface area contributed by atoms with Gasteiger partial charge in [-0.1, -0.05) is 82.7 Å². The lowest BCUT2D eigenvalue weighted by Crippen LogP contribution is -2.17. The second-order valence-corrected chi connectivity index (χ2v) is 10.9. The largest absolute Gasteiger partial charge is 0.491 e. The van der Waals surface area contributed by atoms with Crippen LogP contribution in [-0.2, 0) is 16.1 Å². The lowest BCUT2D eigenvalue weighted by Gasteiger charge is -2.16. The van der Waals surface area contributed by atoms with E-state index in [1.54, 1.807) is 25.4 Å². The van der Waals surface area contributed by atoms with Gasteiger partial charge < -0.3 is 9.47 Å². The van der Waals surface area contributed by atoms with Crippen molar-refractivity contribution in [1.29, 1.82) is 0 Å². The predicted molar refractivity (Wildman–Crippen MR) is 177 cm³/mol. The number of benzene rings is 1. The summed E-state index contributed by atoms with van der Waals surface area (Å²) in [5, 5.41) is 0. The smallest absolute Gasteiger partial charge is 0.433 e. The van der Waals surface area contributed by atoms with E-state index in [2.05, 4.69) is 37.3 Å². The van der Waals surface area contributed by atoms with Crippen molar-refractivity contribution in [1.82, 2.24) is 0 Å². The van der Waals surface area contributed by atoms with Crippen LogP contribution in [0.2, 0.25) is 0 Å². The van der Waals surface area contributed by atoms with Crippen LogP contribution >= 0.6 is 0 Å². The van der Waals surface area contributed by atoms with Crippen LogP contribution in [0.1, 0.15) is 91.2 Å². The highest BCUT2D eigenvalue weighted by Gasteiger charge is 2.34. The summed E-state index contributed by atoms with van der Waals surface area (Å²) in [4.78, 5) is 13.3. The van der Waals surface area contributed by atoms with Crippen molar-refractivity contribution in [3.05, 3.63) is 94.9 Å². The molecule has 1 unspecified atom stereocenters. The summed E-state index contributed by atoms with van der Waals surface area (Å²) in [6, 6.07) is 7.19. The first kappa shape index (κ1) is 36.5. The van der Waals surface area contributed by atoms with Crippen molar-refractivity contribution in [2.24, 2.45) is 26.8 Å². The van der Waals surface area contributed by atoms with E-state index in [-0.39, 0.29) is 12.5 Å². The molecule has 0 aliphatic heterocycles. The number of rotatable bonds is 17. The van der Waals surface area contributed by atoms with E-state index in [1.165, 1.54) is 25.3 Å². The molecule has 1 fully saturated rings. The van der Waals surface area contributed by atoms with Crippen molar-refractivity contribution in [3.63, 3.8) is 0 Å². The van der Waals surface area contributed by atoms with E-state index in [9.17, 15) is 13.2 Å². The molecular weight excluding hydrogens is 563 g/mol. The van der Waals surface area contributed by atoms with Crippen LogP contribution in [0.15, 0.2) is 98.7 Å². The minimum atomic E-state index is -4.51. The van der Waals surface area contributed by atoms with Crippen LogP contribution in [-0.4, -0.2) is 30.9 Å². The summed E-state index contributed by atoms with van der Waals surface area (Å²) in [6.45, 7) is 15.7. The van der Waals surface area contributed by atoms with Gasteiger partial charge in [-0.2, -0.15) is 13.2 Å². The third-order valence-corrected chi connectivity index (χ3v) is 7.42. The summed E-state index contributed by atoms with van der Waals surface area (Å²) < 4.78 is 51.6. The number of ether oxygens (including phenoxy) is 2. The Morgan fingerprint density at radius 3 is 2.34 bits per heavy atom. The predicted octanol–water partition coefficient (Wildman–Crippen LogP) is 10.5. The summed E-state index contributed by atoms with van der Waals surface area (Å²) in [7, 11) is 1.54. The standard InChI is InChI=1S/C36H48F3N3O2/c1-9-13-21-40-22-31(26(6)29-19-20-29)32(14-10-2)41-23-33(43-8)27(7)44-24-28-15-17-30(18-16-28)35(25(5)11-3)42-34(12-4)36(37,38)39/h12-13,15-18,21-23,25,29H,7,9-11,14,19-20,24H2,1-6,8H3/b21-13-,31-26-,33-23+,34-12-,40-22+,41-32-,42-35?. The molecule has 1 aromatic carbocycles. The van der Waals surface area contributed by atoms with E-state index in [0.29, 0.717) is 35.1 Å². The van der Waals surface area contributed by atoms with E-state index < -0.39 is 11.9 Å². The molecule has 5 nitrogen and oxygen atoms in total. The number of methoxy groups -OCH3 is 1. The minimum Gasteiger partial charge on any atom is -0.491 e. The molecule has 0 bridgehead atoms. The Hall–Kier alpha value is -3.68. The number of allylic oxidation sites excluding steroid dienone is 5. The van der Waals surface area contributed by atoms with E-state index in [0.717, 1.165) is 42.2 Å². The van der Waals surface area contributed by atoms with Gasteiger partial charge in [-0.25, -0.2) is 4.99 Å². The number of aliphatic imine (C=N–C) groups is 3. The fraction of sp³-hybridized carbons (Fsp3) is 0.472. The first-order valence-electron chi connectivity index (χ1n) is 15.4. The van der Waals surface area contributed by atoms with Crippen molar-refractivity contribution in [2.75, 3.05) is 7.11 Å². The van der Waals surface area contributed by atoms with Gasteiger partial charge in [0.05, 0.1) is 19.0 Å². The third-order valence-electron chi connectivity index (χ3n) is 7.42. The zero-order valence-corrected chi connectivity index (χ0v) is 27.3. The SMILES string of the molecule is C=C(OCc1ccc(C(=N/C(=C\C)C(F)(F)F)C(C)CC)cc1)\C(=C/N=C(CCC)\C(\C=N\C=C/CC)=C(\C)C1CC1)OC. The van der Waals surface area contributed by atoms with Crippen LogP contribution < -0.4 is 0 Å². The van der Waals surface area contributed by atoms with Gasteiger partial charge in [-0.05, 0) is 68.9 Å². The number of hydrogen-bond donors (Lipinski definition) is 0. The average molecular weight is 612 g/mol. The third kappa shape index (κ3) is 11.4. The second-order valence-electron chi connectivity index (χ2n) is 10.9. The molecule has 1 atom stereocenters. The van der Waals surface area contributed by atoms with Crippen LogP contribution in [0.5, 0.6) is 0 Å². The Bertz CT molecular complexity index is 1310. The molecule has 1 saturated carbocycles. The maximum atomic E-state index is 13.4. The first-order valence-corrected chi connectivity index (χ1v) is 15.4. The first-order chi connectivity index (χ1) is 21.0. The highest BCUT2D eigenvalue weighted by molar-refractivity contribution is 6.17. The normalized spacial score (nSPS) is 16.9. The summed E-state index contributed by atoms with van der Waals surface area (Å²) in [5.74, 6) is 1.15. The second kappa shape index (κ2) is 18.2. The van der Waals surface area contributed by atoms with Gasteiger partial charge >= 0.3 is 6.18 Å². The summed E-state index contributed by atoms with van der Waals surface area (Å²) >= 11 is 0. The van der Waals surface area contributed by atoms with Crippen LogP contribution in [0.4, 0.5) is 13.2 Å². The van der Waals surface area contributed by atoms with E-state index in [4.69, 9.17) is 14.5 Å². The Labute approximate surface area is 261 Å². The molecule has 240 valence electrons. The van der Waals surface area contributed by atoms with Crippen LogP contribution in [0.25, 0.3) is 0 Å². The van der Waals surface area contributed by atoms with Gasteiger partial charge in [-0.15, -0.1) is 0 Å². The van der Waals surface area contributed by atoms with Crippen LogP contribution in [0.3, 0.4) is 0 Å². The van der Waals surface area contributed by atoms with Gasteiger partial charge in [0, 0.05) is 23.7 Å². The highest BCUT2D eigenvalue weighted by atomic mass is 19.4. The molecule has 0 heterocycles. The molecule has 1 aromatic rings. The zero-order valence-electron chi connectivity index (χ0n) is 27.3. The van der Waals surface area contributed by atoms with Gasteiger partial charge in [0.1, 0.15) is 12.3 Å². The monoisotopic (exact) mass is 611 g/mol. The van der Waals surface area contributed by atoms with Crippen molar-refractivity contribution in [2.45, 2.75) is 92.9 Å². The van der Waals surface area contributed by atoms with Gasteiger partial charge in [0.2, 0.25) is 0 Å². The van der Waals surface area contributed by atoms with Crippen molar-refractivity contribution >= 4 is 17.6 Å². The fourth-order valence-electron chi connectivity index (χ4n) is 4.39. The zero-order chi connectivity index (χ0) is 32.7. The maximum Gasteiger partial charge on any atom is 0.433 e. The molecular formula is C36H48F3N3O2. The molecule has 0 N–H and O–H groups in total. The number of hydrogen-bond acceptors (Lipinski definition) is 5. The summed E-state index contributed by atoms with van der Waals surface area (Å²) in [6.07, 6.45) is 9.55. The van der Waals surface area contributed by atoms with E-state index >= 15 is 0 Å². The molecule has 1 aliphatic carbocycles. The van der Waals surface area contributed by atoms with E-state index in [1.807, 2.05) is 44.5 Å². The van der Waals surface area contributed by atoms with Crippen molar-refractivity contribution in [3.8, 4) is 0 Å². The molecule has 0 saturated heterocycles. The molecule has 2 rings (SSSR count). The number of nitrogens with zero attached hydrogens (tertiary/aromatic N) is 3. The average Bonchev–Trinajstić information content (AvgIpc) is 3.85. The number of alkyl halides is 3. The summed E-state index contributed by atoms with van der Waals surface area (Å²) in [5.41, 5.74) is 4.27. The highest BCUT2D eigenvalue weighted by Crippen LogP contribution is 2.38. The Kier molecular flexibility index (Phi) is 15.1. The Balaban J connectivity index is 2.25. The lowest BCUT2D eigenvalue weighted by atomic mass is 9.95. The maximum absolute atomic E-state index is 13.4. The Morgan fingerprint density at radius 1 is 1.14 bits per heavy atom. The molecule has 0 spiro atoms. The van der Waals surface area contributed by atoms with Gasteiger partial charge in [0.15, 0.2) is 11.5 Å². The molecule has 0 radical (unpaired) electrons. The van der Waals surface area contributed by atoms with Crippen LogP contribution in [0, 0.1) is 11.8 Å². The fourth-order valence-corrected chi connectivity index (χ4v) is 4.39. The van der Waals surface area contributed by atoms with Gasteiger partial charge in [0.25, 0.3) is 0 Å². The molecule has 0 aromatic heterocycles. The lowest BCUT2D eigenvalue weighted by molar-refractivity contribution is -0.0924. The van der Waals surface area contributed by atoms with Crippen molar-refractivity contribution < 1.29 is 22.6 Å². The molecule has 44 heavy (non-hydrogen) atoms. The molecule has 1 aliphatic rings. The van der Waals surface area contributed by atoms with Gasteiger partial charge in [-0.3, -0.25) is 9.98 Å². The quantitative estimate of drug-likeness (QED) is 0.1000. The topological polar surface area (TPSA) is 55.5 Å². The Morgan fingerprint density at radius 2 is 1.82 bits per heavy atom.